The number of fused-ring (bicyclic) bond motifs is 2. The van der Waals surface area contributed by atoms with Gasteiger partial charge in [0, 0.05) is 12.6 Å². The summed E-state index contributed by atoms with van der Waals surface area (Å²) in [5, 5.41) is 0. The highest BCUT2D eigenvalue weighted by atomic mass is 16.3. The molecule has 0 spiro atoms. The third-order valence-corrected chi connectivity index (χ3v) is 5.15. The number of nitrogens with zero attached hydrogens (tertiary/aromatic N) is 1. The maximum Gasteiger partial charge on any atom is 0.118 e. The lowest BCUT2D eigenvalue weighted by Gasteiger charge is -2.42. The van der Waals surface area contributed by atoms with Gasteiger partial charge in [0.15, 0.2) is 0 Å². The Kier molecular flexibility index (Phi) is 3.34. The van der Waals surface area contributed by atoms with Crippen LogP contribution < -0.4 is 0 Å². The van der Waals surface area contributed by atoms with Crippen molar-refractivity contribution >= 4 is 0 Å². The number of furan rings is 1. The Balaban J connectivity index is 1.58. The molecule has 0 amide bonds. The Hall–Kier alpha value is -1.54. The van der Waals surface area contributed by atoms with Crippen LogP contribution in [0.25, 0.3) is 0 Å². The SMILES string of the molecule is Cc1ccc(CN2C[C@@H]3CC[C@@H]2Cc2ccccc2C3)o1. The van der Waals surface area contributed by atoms with Crippen LogP contribution in [0.4, 0.5) is 0 Å². The van der Waals surface area contributed by atoms with Gasteiger partial charge in [0.2, 0.25) is 0 Å². The molecule has 1 fully saturated rings. The first-order valence-electron chi connectivity index (χ1n) is 8.14. The first-order valence-corrected chi connectivity index (χ1v) is 8.14. The summed E-state index contributed by atoms with van der Waals surface area (Å²) in [7, 11) is 0. The fraction of sp³-hybridized carbons (Fsp3) is 0.474. The van der Waals surface area contributed by atoms with E-state index in [9.17, 15) is 0 Å². The van der Waals surface area contributed by atoms with Crippen molar-refractivity contribution < 1.29 is 4.42 Å². The van der Waals surface area contributed by atoms with Crippen molar-refractivity contribution in [1.29, 1.82) is 0 Å². The molecular formula is C19H23NO. The molecule has 0 N–H and O–H groups in total. The molecule has 1 aliphatic carbocycles. The molecule has 2 atom stereocenters. The zero-order chi connectivity index (χ0) is 14.2. The van der Waals surface area contributed by atoms with Crippen LogP contribution in [-0.4, -0.2) is 17.5 Å². The van der Waals surface area contributed by atoms with Crippen LogP contribution in [0.5, 0.6) is 0 Å². The van der Waals surface area contributed by atoms with Crippen LogP contribution in [0.15, 0.2) is 40.8 Å². The van der Waals surface area contributed by atoms with Crippen molar-refractivity contribution in [3.63, 3.8) is 0 Å². The van der Waals surface area contributed by atoms with Crippen LogP contribution >= 0.6 is 0 Å². The van der Waals surface area contributed by atoms with E-state index in [1.807, 2.05) is 6.92 Å². The predicted octanol–water partition coefficient (Wildman–Crippen LogP) is 3.97. The van der Waals surface area contributed by atoms with Crippen molar-refractivity contribution in [2.24, 2.45) is 5.92 Å². The molecule has 1 aromatic carbocycles. The highest BCUT2D eigenvalue weighted by Crippen LogP contribution is 2.33. The lowest BCUT2D eigenvalue weighted by molar-refractivity contribution is 0.0864. The summed E-state index contributed by atoms with van der Waals surface area (Å²) >= 11 is 0. The number of benzene rings is 1. The first kappa shape index (κ1) is 13.1. The topological polar surface area (TPSA) is 16.4 Å². The molecule has 0 radical (unpaired) electrons. The minimum atomic E-state index is 0.674. The van der Waals surface area contributed by atoms with E-state index in [0.29, 0.717) is 6.04 Å². The first-order chi connectivity index (χ1) is 10.3. The van der Waals surface area contributed by atoms with Gasteiger partial charge in [0.05, 0.1) is 6.54 Å². The number of hydrogen-bond donors (Lipinski definition) is 0. The van der Waals surface area contributed by atoms with Crippen molar-refractivity contribution in [3.05, 3.63) is 59.0 Å². The zero-order valence-corrected chi connectivity index (χ0v) is 12.7. The fourth-order valence-electron chi connectivity index (χ4n) is 4.06. The Morgan fingerprint density at radius 2 is 1.86 bits per heavy atom. The molecule has 3 heterocycles. The summed E-state index contributed by atoms with van der Waals surface area (Å²) in [5.41, 5.74) is 3.15. The van der Waals surface area contributed by atoms with Gasteiger partial charge in [-0.15, -0.1) is 0 Å². The van der Waals surface area contributed by atoms with Crippen molar-refractivity contribution in [2.75, 3.05) is 6.54 Å². The third kappa shape index (κ3) is 2.65. The van der Waals surface area contributed by atoms with E-state index in [1.54, 1.807) is 11.1 Å². The summed E-state index contributed by atoms with van der Waals surface area (Å²) in [6.07, 6.45) is 5.16. The summed E-state index contributed by atoms with van der Waals surface area (Å²) in [6, 6.07) is 13.9. The van der Waals surface area contributed by atoms with Gasteiger partial charge < -0.3 is 4.42 Å². The molecular weight excluding hydrogens is 258 g/mol. The molecule has 2 nitrogen and oxygen atoms in total. The molecule has 0 unspecified atom stereocenters. The monoisotopic (exact) mass is 281 g/mol. The van der Waals surface area contributed by atoms with Crippen LogP contribution in [0.2, 0.25) is 0 Å². The summed E-state index contributed by atoms with van der Waals surface area (Å²) in [6.45, 7) is 4.22. The van der Waals surface area contributed by atoms with Crippen LogP contribution in [0.1, 0.15) is 35.5 Å². The number of aryl methyl sites for hydroxylation is 1. The molecule has 1 aromatic heterocycles. The van der Waals surface area contributed by atoms with Crippen LogP contribution in [0.3, 0.4) is 0 Å². The maximum atomic E-state index is 5.79. The minimum Gasteiger partial charge on any atom is -0.465 e. The molecule has 5 rings (SSSR count). The van der Waals surface area contributed by atoms with Crippen molar-refractivity contribution in [2.45, 2.75) is 45.2 Å². The van der Waals surface area contributed by atoms with Gasteiger partial charge in [-0.05, 0) is 61.8 Å². The van der Waals surface area contributed by atoms with E-state index in [-0.39, 0.29) is 0 Å². The Labute approximate surface area is 126 Å². The summed E-state index contributed by atoms with van der Waals surface area (Å²) in [4.78, 5) is 2.66. The standard InChI is InChI=1S/C19H23NO/c1-14-6-9-19(21-14)13-20-12-15-7-8-18(20)11-17-5-3-2-4-16(17)10-15/h2-6,9,15,18H,7-8,10-13H2,1H3/t15-,18-/m1/s1. The van der Waals surface area contributed by atoms with E-state index < -0.39 is 0 Å². The Morgan fingerprint density at radius 3 is 2.62 bits per heavy atom. The normalized spacial score (nSPS) is 25.4. The van der Waals surface area contributed by atoms with E-state index in [4.69, 9.17) is 4.42 Å². The quantitative estimate of drug-likeness (QED) is 0.828. The Morgan fingerprint density at radius 1 is 1.05 bits per heavy atom. The van der Waals surface area contributed by atoms with Crippen LogP contribution in [-0.2, 0) is 19.4 Å². The van der Waals surface area contributed by atoms with Crippen molar-refractivity contribution in [3.8, 4) is 0 Å². The molecule has 0 saturated carbocycles. The second-order valence-electron chi connectivity index (χ2n) is 6.72. The van der Waals surface area contributed by atoms with Gasteiger partial charge >= 0.3 is 0 Å². The zero-order valence-electron chi connectivity index (χ0n) is 12.7. The minimum absolute atomic E-state index is 0.674. The van der Waals surface area contributed by atoms with E-state index in [1.165, 1.54) is 32.2 Å². The molecule has 21 heavy (non-hydrogen) atoms. The molecule has 1 saturated heterocycles. The van der Waals surface area contributed by atoms with Gasteiger partial charge in [0.25, 0.3) is 0 Å². The van der Waals surface area contributed by atoms with E-state index in [2.05, 4.69) is 41.3 Å². The smallest absolute Gasteiger partial charge is 0.118 e. The molecule has 2 heteroatoms. The summed E-state index contributed by atoms with van der Waals surface area (Å²) in [5.74, 6) is 2.94. The second-order valence-corrected chi connectivity index (χ2v) is 6.72. The number of piperidine rings is 1. The number of hydrogen-bond acceptors (Lipinski definition) is 2. The Bertz CT molecular complexity index is 630. The molecule has 2 bridgehead atoms. The fourth-order valence-corrected chi connectivity index (χ4v) is 4.06. The van der Waals surface area contributed by atoms with E-state index >= 15 is 0 Å². The molecule has 2 aromatic rings. The van der Waals surface area contributed by atoms with Crippen LogP contribution in [0, 0.1) is 12.8 Å². The van der Waals surface area contributed by atoms with Gasteiger partial charge in [-0.2, -0.15) is 0 Å². The van der Waals surface area contributed by atoms with Gasteiger partial charge in [-0.25, -0.2) is 0 Å². The lowest BCUT2D eigenvalue weighted by Crippen LogP contribution is -2.46. The molecule has 2 aliphatic heterocycles. The van der Waals surface area contributed by atoms with Gasteiger partial charge in [-0.3, -0.25) is 4.90 Å². The number of rotatable bonds is 2. The van der Waals surface area contributed by atoms with Crippen molar-refractivity contribution in [1.82, 2.24) is 4.90 Å². The lowest BCUT2D eigenvalue weighted by atomic mass is 9.80. The highest BCUT2D eigenvalue weighted by molar-refractivity contribution is 5.30. The average molecular weight is 281 g/mol. The van der Waals surface area contributed by atoms with E-state index in [0.717, 1.165) is 24.0 Å². The maximum absolute atomic E-state index is 5.79. The predicted molar refractivity (Wildman–Crippen MR) is 84.2 cm³/mol. The summed E-state index contributed by atoms with van der Waals surface area (Å²) < 4.78 is 5.79. The molecule has 110 valence electrons. The third-order valence-electron chi connectivity index (χ3n) is 5.15. The largest absolute Gasteiger partial charge is 0.465 e. The second kappa shape index (κ2) is 5.34. The average Bonchev–Trinajstić information content (AvgIpc) is 2.85. The van der Waals surface area contributed by atoms with Gasteiger partial charge in [-0.1, -0.05) is 24.3 Å². The highest BCUT2D eigenvalue weighted by Gasteiger charge is 2.32. The van der Waals surface area contributed by atoms with Gasteiger partial charge in [0.1, 0.15) is 11.5 Å². The molecule has 3 aliphatic rings.